The highest BCUT2D eigenvalue weighted by Crippen LogP contribution is 2.14. The first-order chi connectivity index (χ1) is 9.69. The summed E-state index contributed by atoms with van der Waals surface area (Å²) in [5, 5.41) is 3.56. The molecular formula is C18H23NO. The van der Waals surface area contributed by atoms with E-state index in [0.29, 0.717) is 6.04 Å². The molecule has 0 fully saturated rings. The number of ether oxygens (including phenoxy) is 1. The van der Waals surface area contributed by atoms with Crippen molar-refractivity contribution in [1.29, 1.82) is 0 Å². The van der Waals surface area contributed by atoms with Gasteiger partial charge in [0.1, 0.15) is 5.75 Å². The van der Waals surface area contributed by atoms with Crippen LogP contribution in [0.4, 0.5) is 0 Å². The second kappa shape index (κ2) is 7.11. The molecule has 1 N–H and O–H groups in total. The van der Waals surface area contributed by atoms with Crippen molar-refractivity contribution in [1.82, 2.24) is 5.32 Å². The third-order valence-corrected chi connectivity index (χ3v) is 3.60. The Kier molecular flexibility index (Phi) is 5.19. The second-order valence-electron chi connectivity index (χ2n) is 5.18. The van der Waals surface area contributed by atoms with E-state index in [-0.39, 0.29) is 0 Å². The van der Waals surface area contributed by atoms with Crippen LogP contribution >= 0.6 is 0 Å². The fraction of sp³-hybridized carbons (Fsp3) is 0.333. The Labute approximate surface area is 121 Å². The van der Waals surface area contributed by atoms with Gasteiger partial charge < -0.3 is 10.1 Å². The van der Waals surface area contributed by atoms with Crippen molar-refractivity contribution in [2.24, 2.45) is 0 Å². The molecule has 2 aromatic rings. The molecule has 2 aromatic carbocycles. The van der Waals surface area contributed by atoms with E-state index in [1.54, 1.807) is 7.11 Å². The van der Waals surface area contributed by atoms with E-state index in [1.165, 1.54) is 16.7 Å². The SMILES string of the molecule is COc1ccc(CCNC(C)c2ccc(C)cc2)cc1. The van der Waals surface area contributed by atoms with Crippen LogP contribution in [0.15, 0.2) is 48.5 Å². The zero-order chi connectivity index (χ0) is 14.4. The molecule has 2 heteroatoms. The Morgan fingerprint density at radius 2 is 1.65 bits per heavy atom. The van der Waals surface area contributed by atoms with E-state index in [2.05, 4.69) is 55.6 Å². The van der Waals surface area contributed by atoms with Gasteiger partial charge in [-0.25, -0.2) is 0 Å². The molecule has 0 radical (unpaired) electrons. The molecule has 0 spiro atoms. The summed E-state index contributed by atoms with van der Waals surface area (Å²) in [4.78, 5) is 0. The van der Waals surface area contributed by atoms with E-state index in [9.17, 15) is 0 Å². The third kappa shape index (κ3) is 4.10. The lowest BCUT2D eigenvalue weighted by atomic mass is 10.1. The predicted molar refractivity (Wildman–Crippen MR) is 84.3 cm³/mol. The fourth-order valence-electron chi connectivity index (χ4n) is 2.20. The second-order valence-corrected chi connectivity index (χ2v) is 5.18. The maximum absolute atomic E-state index is 5.16. The Morgan fingerprint density at radius 1 is 1.00 bits per heavy atom. The van der Waals surface area contributed by atoms with E-state index in [1.807, 2.05) is 12.1 Å². The molecule has 106 valence electrons. The maximum Gasteiger partial charge on any atom is 0.118 e. The van der Waals surface area contributed by atoms with Crippen LogP contribution in [0.2, 0.25) is 0 Å². The van der Waals surface area contributed by atoms with Gasteiger partial charge in [-0.3, -0.25) is 0 Å². The van der Waals surface area contributed by atoms with Gasteiger partial charge in [0.25, 0.3) is 0 Å². The van der Waals surface area contributed by atoms with Crippen molar-refractivity contribution in [3.63, 3.8) is 0 Å². The largest absolute Gasteiger partial charge is 0.497 e. The first-order valence-corrected chi connectivity index (χ1v) is 7.12. The molecule has 0 amide bonds. The van der Waals surface area contributed by atoms with Gasteiger partial charge in [0.15, 0.2) is 0 Å². The summed E-state index contributed by atoms with van der Waals surface area (Å²) in [6.07, 6.45) is 1.03. The minimum absolute atomic E-state index is 0.383. The van der Waals surface area contributed by atoms with E-state index in [0.717, 1.165) is 18.7 Å². The molecule has 0 aromatic heterocycles. The summed E-state index contributed by atoms with van der Waals surface area (Å²) in [6, 6.07) is 17.4. The molecule has 0 saturated carbocycles. The highest BCUT2D eigenvalue weighted by atomic mass is 16.5. The minimum Gasteiger partial charge on any atom is -0.497 e. The lowest BCUT2D eigenvalue weighted by Gasteiger charge is -2.14. The quantitative estimate of drug-likeness (QED) is 0.859. The molecular weight excluding hydrogens is 246 g/mol. The van der Waals surface area contributed by atoms with Crippen LogP contribution in [0, 0.1) is 6.92 Å². The third-order valence-electron chi connectivity index (χ3n) is 3.60. The molecule has 0 aliphatic rings. The van der Waals surface area contributed by atoms with Gasteiger partial charge in [-0.05, 0) is 50.1 Å². The van der Waals surface area contributed by atoms with Gasteiger partial charge in [0.05, 0.1) is 7.11 Å². The van der Waals surface area contributed by atoms with E-state index < -0.39 is 0 Å². The van der Waals surface area contributed by atoms with Crippen molar-refractivity contribution in [2.45, 2.75) is 26.3 Å². The van der Waals surface area contributed by atoms with Crippen LogP contribution in [0.3, 0.4) is 0 Å². The van der Waals surface area contributed by atoms with Gasteiger partial charge in [0, 0.05) is 6.04 Å². The Balaban J connectivity index is 1.81. The summed E-state index contributed by atoms with van der Waals surface area (Å²) in [5.41, 5.74) is 3.97. The van der Waals surface area contributed by atoms with Crippen LogP contribution in [0.25, 0.3) is 0 Å². The number of hydrogen-bond acceptors (Lipinski definition) is 2. The number of methoxy groups -OCH3 is 1. The summed E-state index contributed by atoms with van der Waals surface area (Å²) in [6.45, 7) is 5.30. The van der Waals surface area contributed by atoms with Crippen LogP contribution in [0.5, 0.6) is 5.75 Å². The summed E-state index contributed by atoms with van der Waals surface area (Å²) >= 11 is 0. The number of benzene rings is 2. The minimum atomic E-state index is 0.383. The standard InChI is InChI=1S/C18H23NO/c1-14-4-8-17(9-5-14)15(2)19-13-12-16-6-10-18(20-3)11-7-16/h4-11,15,19H,12-13H2,1-3H3. The zero-order valence-corrected chi connectivity index (χ0v) is 12.5. The van der Waals surface area contributed by atoms with Crippen molar-refractivity contribution < 1.29 is 4.74 Å². The first kappa shape index (κ1) is 14.6. The first-order valence-electron chi connectivity index (χ1n) is 7.12. The highest BCUT2D eigenvalue weighted by Gasteiger charge is 2.04. The zero-order valence-electron chi connectivity index (χ0n) is 12.5. The average Bonchev–Trinajstić information content (AvgIpc) is 2.48. The van der Waals surface area contributed by atoms with Crippen molar-refractivity contribution >= 4 is 0 Å². The summed E-state index contributed by atoms with van der Waals surface area (Å²) < 4.78 is 5.16. The number of hydrogen-bond donors (Lipinski definition) is 1. The molecule has 1 unspecified atom stereocenters. The molecule has 2 rings (SSSR count). The molecule has 20 heavy (non-hydrogen) atoms. The predicted octanol–water partition coefficient (Wildman–Crippen LogP) is 3.90. The average molecular weight is 269 g/mol. The molecule has 1 atom stereocenters. The van der Waals surface area contributed by atoms with E-state index in [4.69, 9.17) is 4.74 Å². The molecule has 0 aliphatic heterocycles. The highest BCUT2D eigenvalue weighted by molar-refractivity contribution is 5.27. The number of rotatable bonds is 6. The maximum atomic E-state index is 5.16. The van der Waals surface area contributed by atoms with Crippen LogP contribution < -0.4 is 10.1 Å². The van der Waals surface area contributed by atoms with Gasteiger partial charge in [0.2, 0.25) is 0 Å². The normalized spacial score (nSPS) is 12.2. The van der Waals surface area contributed by atoms with Crippen molar-refractivity contribution in [3.05, 3.63) is 65.2 Å². The number of nitrogens with one attached hydrogen (secondary N) is 1. The molecule has 0 heterocycles. The summed E-state index contributed by atoms with van der Waals surface area (Å²) in [7, 11) is 1.69. The molecule has 0 saturated heterocycles. The van der Waals surface area contributed by atoms with Crippen molar-refractivity contribution in [2.75, 3.05) is 13.7 Å². The molecule has 0 bridgehead atoms. The van der Waals surface area contributed by atoms with Gasteiger partial charge in [-0.2, -0.15) is 0 Å². The molecule has 0 aliphatic carbocycles. The van der Waals surface area contributed by atoms with Gasteiger partial charge >= 0.3 is 0 Å². The monoisotopic (exact) mass is 269 g/mol. The van der Waals surface area contributed by atoms with Crippen LogP contribution in [0.1, 0.15) is 29.7 Å². The number of aryl methyl sites for hydroxylation is 1. The van der Waals surface area contributed by atoms with Gasteiger partial charge in [-0.1, -0.05) is 42.0 Å². The smallest absolute Gasteiger partial charge is 0.118 e. The Morgan fingerprint density at radius 3 is 2.25 bits per heavy atom. The van der Waals surface area contributed by atoms with Crippen LogP contribution in [-0.2, 0) is 6.42 Å². The van der Waals surface area contributed by atoms with Crippen molar-refractivity contribution in [3.8, 4) is 5.75 Å². The Hall–Kier alpha value is -1.80. The lowest BCUT2D eigenvalue weighted by Crippen LogP contribution is -2.21. The molecule has 2 nitrogen and oxygen atoms in total. The van der Waals surface area contributed by atoms with Crippen LogP contribution in [-0.4, -0.2) is 13.7 Å². The van der Waals surface area contributed by atoms with E-state index >= 15 is 0 Å². The lowest BCUT2D eigenvalue weighted by molar-refractivity contribution is 0.414. The summed E-state index contributed by atoms with van der Waals surface area (Å²) in [5.74, 6) is 0.912. The van der Waals surface area contributed by atoms with Gasteiger partial charge in [-0.15, -0.1) is 0 Å². The Bertz CT molecular complexity index is 516. The topological polar surface area (TPSA) is 21.3 Å². The fourth-order valence-corrected chi connectivity index (χ4v) is 2.20.